The number of fused-ring (bicyclic) bond motifs is 1. The molecule has 3 rings (SSSR count). The Kier molecular flexibility index (Phi) is 3.83. The van der Waals surface area contributed by atoms with Crippen LogP contribution in [0.25, 0.3) is 10.8 Å². The highest BCUT2D eigenvalue weighted by Crippen LogP contribution is 2.21. The molecule has 112 valence electrons. The van der Waals surface area contributed by atoms with Crippen LogP contribution in [0.4, 0.5) is 0 Å². The molecule has 0 atom stereocenters. The fraction of sp³-hybridized carbons (Fsp3) is 0.167. The van der Waals surface area contributed by atoms with Gasteiger partial charge in [0.1, 0.15) is 11.4 Å². The number of amides is 1. The molecule has 0 radical (unpaired) electrons. The summed E-state index contributed by atoms with van der Waals surface area (Å²) in [5.41, 5.74) is 1.73. The van der Waals surface area contributed by atoms with Gasteiger partial charge in [0, 0.05) is 19.8 Å². The third-order valence-corrected chi connectivity index (χ3v) is 3.74. The summed E-state index contributed by atoms with van der Waals surface area (Å²) in [5, 5.41) is 5.20. The van der Waals surface area contributed by atoms with Crippen LogP contribution < -0.4 is 10.1 Å². The maximum Gasteiger partial charge on any atom is 0.268 e. The van der Waals surface area contributed by atoms with E-state index < -0.39 is 0 Å². The van der Waals surface area contributed by atoms with E-state index in [1.165, 1.54) is 0 Å². The van der Waals surface area contributed by atoms with Gasteiger partial charge in [0.2, 0.25) is 0 Å². The predicted octanol–water partition coefficient (Wildman–Crippen LogP) is 3.12. The normalized spacial score (nSPS) is 10.6. The number of nitrogens with one attached hydrogen (secondary N) is 1. The Bertz CT molecular complexity index is 821. The first-order valence-corrected chi connectivity index (χ1v) is 7.13. The molecule has 0 saturated carbocycles. The second-order valence-electron chi connectivity index (χ2n) is 5.23. The molecule has 0 aliphatic carbocycles. The zero-order valence-corrected chi connectivity index (χ0v) is 12.7. The van der Waals surface area contributed by atoms with E-state index in [9.17, 15) is 4.79 Å². The van der Waals surface area contributed by atoms with Gasteiger partial charge in [-0.3, -0.25) is 4.79 Å². The minimum atomic E-state index is -0.0673. The van der Waals surface area contributed by atoms with Crippen LogP contribution >= 0.6 is 0 Å². The van der Waals surface area contributed by atoms with Crippen molar-refractivity contribution in [2.75, 3.05) is 7.11 Å². The van der Waals surface area contributed by atoms with Gasteiger partial charge in [-0.05, 0) is 46.7 Å². The summed E-state index contributed by atoms with van der Waals surface area (Å²) in [6.07, 6.45) is 1.86. The molecule has 1 amide bonds. The summed E-state index contributed by atoms with van der Waals surface area (Å²) in [6.45, 7) is 0.506. The van der Waals surface area contributed by atoms with Crippen molar-refractivity contribution in [2.24, 2.45) is 7.05 Å². The molecule has 0 fully saturated rings. The van der Waals surface area contributed by atoms with Gasteiger partial charge in [-0.2, -0.15) is 0 Å². The predicted molar refractivity (Wildman–Crippen MR) is 87.1 cm³/mol. The maximum absolute atomic E-state index is 12.1. The van der Waals surface area contributed by atoms with E-state index in [0.717, 1.165) is 22.1 Å². The number of nitrogens with zero attached hydrogens (tertiary/aromatic N) is 1. The number of methoxy groups -OCH3 is 1. The topological polar surface area (TPSA) is 43.3 Å². The second kappa shape index (κ2) is 5.93. The van der Waals surface area contributed by atoms with Crippen molar-refractivity contribution in [2.45, 2.75) is 6.54 Å². The zero-order chi connectivity index (χ0) is 15.5. The Morgan fingerprint density at radius 2 is 1.91 bits per heavy atom. The van der Waals surface area contributed by atoms with Crippen molar-refractivity contribution < 1.29 is 9.53 Å². The number of aromatic nitrogens is 1. The van der Waals surface area contributed by atoms with E-state index in [4.69, 9.17) is 4.74 Å². The van der Waals surface area contributed by atoms with E-state index in [2.05, 4.69) is 11.4 Å². The highest BCUT2D eigenvalue weighted by atomic mass is 16.5. The number of benzene rings is 2. The molecular formula is C18H18N2O2. The lowest BCUT2D eigenvalue weighted by molar-refractivity contribution is 0.0943. The molecule has 1 heterocycles. The average Bonchev–Trinajstić information content (AvgIpc) is 2.98. The quantitative estimate of drug-likeness (QED) is 0.803. The van der Waals surface area contributed by atoms with Crippen LogP contribution in [-0.2, 0) is 13.6 Å². The van der Waals surface area contributed by atoms with Crippen molar-refractivity contribution in [1.82, 2.24) is 9.88 Å². The minimum absolute atomic E-state index is 0.0673. The van der Waals surface area contributed by atoms with Crippen molar-refractivity contribution in [1.29, 1.82) is 0 Å². The van der Waals surface area contributed by atoms with Crippen LogP contribution in [0, 0.1) is 0 Å². The Morgan fingerprint density at radius 1 is 1.14 bits per heavy atom. The van der Waals surface area contributed by atoms with Crippen molar-refractivity contribution in [3.63, 3.8) is 0 Å². The maximum atomic E-state index is 12.1. The summed E-state index contributed by atoms with van der Waals surface area (Å²) < 4.78 is 7.03. The van der Waals surface area contributed by atoms with Gasteiger partial charge in [-0.15, -0.1) is 0 Å². The highest BCUT2D eigenvalue weighted by molar-refractivity contribution is 5.92. The summed E-state index contributed by atoms with van der Waals surface area (Å²) >= 11 is 0. The molecule has 4 nitrogen and oxygen atoms in total. The number of carbonyl (C=O) groups is 1. The van der Waals surface area contributed by atoms with Gasteiger partial charge in [-0.25, -0.2) is 0 Å². The first-order chi connectivity index (χ1) is 10.7. The molecule has 0 bridgehead atoms. The first-order valence-electron chi connectivity index (χ1n) is 7.13. The second-order valence-corrected chi connectivity index (χ2v) is 5.23. The Morgan fingerprint density at radius 3 is 2.64 bits per heavy atom. The molecule has 2 aromatic carbocycles. The fourth-order valence-corrected chi connectivity index (χ4v) is 2.48. The average molecular weight is 294 g/mol. The summed E-state index contributed by atoms with van der Waals surface area (Å²) in [5.74, 6) is 0.777. The van der Waals surface area contributed by atoms with Gasteiger partial charge < -0.3 is 14.6 Å². The van der Waals surface area contributed by atoms with Crippen LogP contribution in [0.2, 0.25) is 0 Å². The molecular weight excluding hydrogens is 276 g/mol. The van der Waals surface area contributed by atoms with Gasteiger partial charge in [-0.1, -0.05) is 18.2 Å². The fourth-order valence-electron chi connectivity index (χ4n) is 2.48. The van der Waals surface area contributed by atoms with Gasteiger partial charge in [0.25, 0.3) is 5.91 Å². The van der Waals surface area contributed by atoms with Gasteiger partial charge in [0.15, 0.2) is 0 Å². The number of ether oxygens (including phenoxy) is 1. The molecule has 1 aromatic heterocycles. The van der Waals surface area contributed by atoms with Crippen molar-refractivity contribution in [3.05, 3.63) is 66.0 Å². The Labute approximate surface area is 129 Å². The van der Waals surface area contributed by atoms with Crippen LogP contribution in [0.3, 0.4) is 0 Å². The smallest absolute Gasteiger partial charge is 0.268 e. The lowest BCUT2D eigenvalue weighted by Crippen LogP contribution is -2.24. The highest BCUT2D eigenvalue weighted by Gasteiger charge is 2.08. The molecule has 0 aliphatic heterocycles. The van der Waals surface area contributed by atoms with E-state index in [-0.39, 0.29) is 5.91 Å². The number of carbonyl (C=O) groups excluding carboxylic acids is 1. The zero-order valence-electron chi connectivity index (χ0n) is 12.7. The van der Waals surface area contributed by atoms with Crippen LogP contribution in [0.15, 0.2) is 54.7 Å². The third-order valence-electron chi connectivity index (χ3n) is 3.74. The molecule has 0 unspecified atom stereocenters. The first kappa shape index (κ1) is 14.2. The molecule has 0 spiro atoms. The SMILES string of the molecule is COc1ccc2cc(CNC(=O)c3cccn3C)ccc2c1. The number of hydrogen-bond donors (Lipinski definition) is 1. The van der Waals surface area contributed by atoms with Crippen molar-refractivity contribution >= 4 is 16.7 Å². The number of aryl methyl sites for hydroxylation is 1. The summed E-state index contributed by atoms with van der Waals surface area (Å²) in [4.78, 5) is 12.1. The molecule has 3 aromatic rings. The Hall–Kier alpha value is -2.75. The molecule has 0 saturated heterocycles. The van der Waals surface area contributed by atoms with Gasteiger partial charge >= 0.3 is 0 Å². The Balaban J connectivity index is 1.74. The molecule has 1 N–H and O–H groups in total. The van der Waals surface area contributed by atoms with Crippen LogP contribution in [0.1, 0.15) is 16.1 Å². The lowest BCUT2D eigenvalue weighted by atomic mass is 10.1. The van der Waals surface area contributed by atoms with Crippen LogP contribution in [-0.4, -0.2) is 17.6 Å². The molecule has 22 heavy (non-hydrogen) atoms. The largest absolute Gasteiger partial charge is 0.497 e. The van der Waals surface area contributed by atoms with Gasteiger partial charge in [0.05, 0.1) is 7.11 Å². The monoisotopic (exact) mass is 294 g/mol. The molecule has 0 aliphatic rings. The van der Waals surface area contributed by atoms with E-state index in [0.29, 0.717) is 12.2 Å². The standard InChI is InChI=1S/C18H18N2O2/c1-20-9-3-4-17(20)18(21)19-12-13-5-6-15-11-16(22-2)8-7-14(15)10-13/h3-11H,12H2,1-2H3,(H,19,21). The van der Waals surface area contributed by atoms with E-state index >= 15 is 0 Å². The van der Waals surface area contributed by atoms with Crippen molar-refractivity contribution in [3.8, 4) is 5.75 Å². The van der Waals surface area contributed by atoms with Crippen LogP contribution in [0.5, 0.6) is 5.75 Å². The summed E-state index contributed by atoms with van der Waals surface area (Å²) in [6, 6.07) is 15.8. The van der Waals surface area contributed by atoms with E-state index in [1.807, 2.05) is 60.3 Å². The minimum Gasteiger partial charge on any atom is -0.497 e. The number of rotatable bonds is 4. The molecule has 4 heteroatoms. The summed E-state index contributed by atoms with van der Waals surface area (Å²) in [7, 11) is 3.52. The lowest BCUT2D eigenvalue weighted by Gasteiger charge is -2.08. The van der Waals surface area contributed by atoms with E-state index in [1.54, 1.807) is 7.11 Å². The number of hydrogen-bond acceptors (Lipinski definition) is 2. The third kappa shape index (κ3) is 2.81.